The second kappa shape index (κ2) is 7.22. The average molecular weight is 356 g/mol. The van der Waals surface area contributed by atoms with Gasteiger partial charge >= 0.3 is 0 Å². The molecule has 0 radical (unpaired) electrons. The maximum atomic E-state index is 11.3. The van der Waals surface area contributed by atoms with Crippen molar-refractivity contribution in [1.82, 2.24) is 4.90 Å². The number of nitro benzene ring substituents is 1. The molecule has 1 aromatic rings. The molecule has 0 atom stereocenters. The van der Waals surface area contributed by atoms with Crippen LogP contribution in [0.4, 0.5) is 11.4 Å². The Morgan fingerprint density at radius 1 is 1.29 bits per heavy atom. The smallest absolute Gasteiger partial charge is 0.292 e. The van der Waals surface area contributed by atoms with Crippen LogP contribution in [0.3, 0.4) is 0 Å². The van der Waals surface area contributed by atoms with Crippen molar-refractivity contribution in [3.8, 4) is 0 Å². The van der Waals surface area contributed by atoms with E-state index in [2.05, 4.69) is 39.6 Å². The zero-order valence-corrected chi connectivity index (χ0v) is 14.2. The molecule has 5 nitrogen and oxygen atoms in total. The highest BCUT2D eigenvalue weighted by Crippen LogP contribution is 2.30. The van der Waals surface area contributed by atoms with Crippen LogP contribution in [-0.2, 0) is 5.33 Å². The molecule has 0 bridgehead atoms. The highest BCUT2D eigenvalue weighted by molar-refractivity contribution is 9.08. The lowest BCUT2D eigenvalue weighted by atomic mass is 10.1. The number of nitro groups is 1. The number of anilines is 1. The molecule has 0 N–H and O–H groups in total. The van der Waals surface area contributed by atoms with Gasteiger partial charge in [0.15, 0.2) is 0 Å². The zero-order valence-electron chi connectivity index (χ0n) is 12.6. The molecule has 0 aliphatic carbocycles. The van der Waals surface area contributed by atoms with E-state index in [0.29, 0.717) is 11.2 Å². The quantitative estimate of drug-likeness (QED) is 0.462. The first-order valence-electron chi connectivity index (χ1n) is 7.32. The fraction of sp³-hybridized carbons (Fsp3) is 0.600. The van der Waals surface area contributed by atoms with Crippen molar-refractivity contribution in [1.29, 1.82) is 0 Å². The molecule has 6 heteroatoms. The first-order valence-corrected chi connectivity index (χ1v) is 8.44. The minimum absolute atomic E-state index is 0.212. The topological polar surface area (TPSA) is 49.6 Å². The number of halogens is 1. The van der Waals surface area contributed by atoms with E-state index in [-0.39, 0.29) is 10.6 Å². The standard InChI is InChI=1S/C15H22BrN3O2/c1-12(2)11-17-5-7-18(8-6-17)14-4-3-13(10-16)9-15(14)19(20)21/h3-4,9,12H,5-8,10-11H2,1-2H3. The Labute approximate surface area is 134 Å². The van der Waals surface area contributed by atoms with Gasteiger partial charge in [0.1, 0.15) is 5.69 Å². The third-order valence-corrected chi connectivity index (χ3v) is 4.37. The average Bonchev–Trinajstić information content (AvgIpc) is 2.47. The lowest BCUT2D eigenvalue weighted by Crippen LogP contribution is -2.47. The summed E-state index contributed by atoms with van der Waals surface area (Å²) in [5.41, 5.74) is 1.89. The Balaban J connectivity index is 2.11. The third-order valence-electron chi connectivity index (χ3n) is 3.73. The fourth-order valence-electron chi connectivity index (χ4n) is 2.75. The Morgan fingerprint density at radius 2 is 1.95 bits per heavy atom. The summed E-state index contributed by atoms with van der Waals surface area (Å²) in [4.78, 5) is 15.6. The lowest BCUT2D eigenvalue weighted by Gasteiger charge is -2.36. The van der Waals surface area contributed by atoms with Crippen LogP contribution >= 0.6 is 15.9 Å². The van der Waals surface area contributed by atoms with Gasteiger partial charge in [-0.1, -0.05) is 35.8 Å². The summed E-state index contributed by atoms with van der Waals surface area (Å²) in [5, 5.41) is 11.9. The summed E-state index contributed by atoms with van der Waals surface area (Å²) >= 11 is 3.35. The van der Waals surface area contributed by atoms with E-state index < -0.39 is 0 Å². The molecular weight excluding hydrogens is 334 g/mol. The van der Waals surface area contributed by atoms with E-state index in [9.17, 15) is 10.1 Å². The number of rotatable bonds is 5. The Bertz CT molecular complexity index is 500. The molecule has 0 spiro atoms. The predicted molar refractivity (Wildman–Crippen MR) is 89.2 cm³/mol. The largest absolute Gasteiger partial charge is 0.363 e. The molecule has 2 rings (SSSR count). The Hall–Kier alpha value is -1.14. The van der Waals surface area contributed by atoms with Gasteiger partial charge in [-0.25, -0.2) is 0 Å². The molecule has 1 saturated heterocycles. The highest BCUT2D eigenvalue weighted by Gasteiger charge is 2.24. The summed E-state index contributed by atoms with van der Waals surface area (Å²) in [6, 6.07) is 5.51. The highest BCUT2D eigenvalue weighted by atomic mass is 79.9. The van der Waals surface area contributed by atoms with Crippen LogP contribution in [0.2, 0.25) is 0 Å². The molecule has 0 unspecified atom stereocenters. The third kappa shape index (κ3) is 4.17. The van der Waals surface area contributed by atoms with Gasteiger partial charge < -0.3 is 4.90 Å². The lowest BCUT2D eigenvalue weighted by molar-refractivity contribution is -0.384. The van der Waals surface area contributed by atoms with Crippen LogP contribution in [0.25, 0.3) is 0 Å². The van der Waals surface area contributed by atoms with E-state index in [0.717, 1.165) is 44.0 Å². The number of piperazine rings is 1. The Kier molecular flexibility index (Phi) is 5.58. The summed E-state index contributed by atoms with van der Waals surface area (Å²) in [6.07, 6.45) is 0. The molecule has 1 fully saturated rings. The van der Waals surface area contributed by atoms with Gasteiger partial charge in [0.05, 0.1) is 4.92 Å². The van der Waals surface area contributed by atoms with Crippen molar-refractivity contribution >= 4 is 27.3 Å². The van der Waals surface area contributed by atoms with E-state index >= 15 is 0 Å². The molecule has 1 aromatic carbocycles. The number of hydrogen-bond donors (Lipinski definition) is 0. The number of hydrogen-bond acceptors (Lipinski definition) is 4. The normalized spacial score (nSPS) is 16.5. The summed E-state index contributed by atoms with van der Waals surface area (Å²) in [7, 11) is 0. The maximum Gasteiger partial charge on any atom is 0.292 e. The van der Waals surface area contributed by atoms with Crippen LogP contribution in [0.1, 0.15) is 19.4 Å². The molecule has 1 aliphatic heterocycles. The van der Waals surface area contributed by atoms with E-state index in [1.165, 1.54) is 0 Å². The predicted octanol–water partition coefficient (Wildman–Crippen LogP) is 3.27. The van der Waals surface area contributed by atoms with Gasteiger partial charge in [-0.05, 0) is 17.5 Å². The van der Waals surface area contributed by atoms with Crippen molar-refractivity contribution in [2.24, 2.45) is 5.92 Å². The first kappa shape index (κ1) is 16.2. The monoisotopic (exact) mass is 355 g/mol. The van der Waals surface area contributed by atoms with Gasteiger partial charge in [0, 0.05) is 44.1 Å². The SMILES string of the molecule is CC(C)CN1CCN(c2ccc(CBr)cc2[N+](=O)[O-])CC1. The molecule has 0 saturated carbocycles. The van der Waals surface area contributed by atoms with Gasteiger partial charge in [0.25, 0.3) is 5.69 Å². The van der Waals surface area contributed by atoms with Crippen LogP contribution < -0.4 is 4.90 Å². The van der Waals surface area contributed by atoms with Crippen molar-refractivity contribution in [3.63, 3.8) is 0 Å². The van der Waals surface area contributed by atoms with Crippen LogP contribution in [0, 0.1) is 16.0 Å². The molecular formula is C15H22BrN3O2. The first-order chi connectivity index (χ1) is 10.0. The molecule has 0 aromatic heterocycles. The molecule has 1 heterocycles. The van der Waals surface area contributed by atoms with Crippen LogP contribution in [0.5, 0.6) is 0 Å². The van der Waals surface area contributed by atoms with Crippen molar-refractivity contribution in [2.75, 3.05) is 37.6 Å². The maximum absolute atomic E-state index is 11.3. The van der Waals surface area contributed by atoms with Crippen molar-refractivity contribution < 1.29 is 4.92 Å². The number of alkyl halides is 1. The second-order valence-electron chi connectivity index (χ2n) is 5.90. The number of nitrogens with zero attached hydrogens (tertiary/aromatic N) is 3. The molecule has 116 valence electrons. The van der Waals surface area contributed by atoms with Gasteiger partial charge in [-0.15, -0.1) is 0 Å². The van der Waals surface area contributed by atoms with E-state index in [4.69, 9.17) is 0 Å². The number of benzene rings is 1. The minimum Gasteiger partial charge on any atom is -0.363 e. The van der Waals surface area contributed by atoms with Crippen molar-refractivity contribution in [2.45, 2.75) is 19.2 Å². The van der Waals surface area contributed by atoms with Gasteiger partial charge in [0.2, 0.25) is 0 Å². The van der Waals surface area contributed by atoms with E-state index in [1.807, 2.05) is 12.1 Å². The summed E-state index contributed by atoms with van der Waals surface area (Å²) in [5.74, 6) is 0.657. The van der Waals surface area contributed by atoms with Crippen molar-refractivity contribution in [3.05, 3.63) is 33.9 Å². The fourth-order valence-corrected chi connectivity index (χ4v) is 3.10. The molecule has 0 amide bonds. The summed E-state index contributed by atoms with van der Waals surface area (Å²) in [6.45, 7) is 9.17. The zero-order chi connectivity index (χ0) is 15.4. The second-order valence-corrected chi connectivity index (χ2v) is 6.46. The van der Waals surface area contributed by atoms with E-state index in [1.54, 1.807) is 6.07 Å². The molecule has 1 aliphatic rings. The van der Waals surface area contributed by atoms with Crippen LogP contribution in [0.15, 0.2) is 18.2 Å². The van der Waals surface area contributed by atoms with Crippen LogP contribution in [-0.4, -0.2) is 42.5 Å². The molecule has 21 heavy (non-hydrogen) atoms. The van der Waals surface area contributed by atoms with Gasteiger partial charge in [-0.3, -0.25) is 15.0 Å². The van der Waals surface area contributed by atoms with Gasteiger partial charge in [-0.2, -0.15) is 0 Å². The minimum atomic E-state index is -0.276. The Morgan fingerprint density at radius 3 is 2.48 bits per heavy atom. The summed E-state index contributed by atoms with van der Waals surface area (Å²) < 4.78 is 0.